The summed E-state index contributed by atoms with van der Waals surface area (Å²) in [4.78, 5) is 31.4. The first-order chi connectivity index (χ1) is 12.5. The smallest absolute Gasteiger partial charge is 0.275 e. The first-order valence-electron chi connectivity index (χ1n) is 7.95. The highest BCUT2D eigenvalue weighted by molar-refractivity contribution is 7.09. The first-order valence-corrected chi connectivity index (χ1v) is 9.21. The fourth-order valence-electron chi connectivity index (χ4n) is 2.97. The Labute approximate surface area is 159 Å². The molecule has 7 heteroatoms. The number of nitrogens with one attached hydrogen (secondary N) is 1. The Morgan fingerprint density at radius 2 is 2.08 bits per heavy atom. The molecule has 2 aromatic carbocycles. The second kappa shape index (κ2) is 6.55. The zero-order chi connectivity index (χ0) is 18.3. The van der Waals surface area contributed by atoms with Crippen LogP contribution in [0.4, 0.5) is 11.4 Å². The van der Waals surface area contributed by atoms with E-state index in [1.807, 2.05) is 31.2 Å². The standard InChI is InChI=1S/C19H14ClN3O2S/c1-11-17(21-10-26-11)18(24)22-13-6-7-16(15(20)8-13)23-9-12-4-2-3-5-14(12)19(23)25/h2-8,10H,9H2,1H3,(H,22,24). The van der Waals surface area contributed by atoms with E-state index < -0.39 is 0 Å². The quantitative estimate of drug-likeness (QED) is 0.723. The van der Waals surface area contributed by atoms with E-state index in [1.54, 1.807) is 28.6 Å². The van der Waals surface area contributed by atoms with E-state index in [1.165, 1.54) is 11.3 Å². The lowest BCUT2D eigenvalue weighted by Crippen LogP contribution is -2.23. The zero-order valence-corrected chi connectivity index (χ0v) is 15.4. The van der Waals surface area contributed by atoms with Crippen molar-refractivity contribution in [1.82, 2.24) is 4.98 Å². The fraction of sp³-hybridized carbons (Fsp3) is 0.105. The van der Waals surface area contributed by atoms with Gasteiger partial charge in [-0.25, -0.2) is 4.98 Å². The van der Waals surface area contributed by atoms with Crippen LogP contribution in [-0.2, 0) is 6.54 Å². The van der Waals surface area contributed by atoms with Crippen LogP contribution < -0.4 is 10.2 Å². The predicted molar refractivity (Wildman–Crippen MR) is 103 cm³/mol. The lowest BCUT2D eigenvalue weighted by molar-refractivity contribution is 0.0993. The van der Waals surface area contributed by atoms with Crippen LogP contribution in [0, 0.1) is 6.92 Å². The minimum absolute atomic E-state index is 0.0719. The third-order valence-corrected chi connectivity index (χ3v) is 5.34. The van der Waals surface area contributed by atoms with Gasteiger partial charge in [-0.05, 0) is 36.8 Å². The summed E-state index contributed by atoms with van der Waals surface area (Å²) in [7, 11) is 0. The number of fused-ring (bicyclic) bond motifs is 1. The van der Waals surface area contributed by atoms with Crippen molar-refractivity contribution in [3.63, 3.8) is 0 Å². The number of nitrogens with zero attached hydrogens (tertiary/aromatic N) is 2. The van der Waals surface area contributed by atoms with Crippen molar-refractivity contribution >= 4 is 46.1 Å². The van der Waals surface area contributed by atoms with Gasteiger partial charge in [0.2, 0.25) is 0 Å². The van der Waals surface area contributed by atoms with Gasteiger partial charge in [-0.1, -0.05) is 29.8 Å². The number of rotatable bonds is 3. The van der Waals surface area contributed by atoms with E-state index in [4.69, 9.17) is 11.6 Å². The highest BCUT2D eigenvalue weighted by Gasteiger charge is 2.29. The molecule has 1 N–H and O–H groups in total. The van der Waals surface area contributed by atoms with Gasteiger partial charge in [0.15, 0.2) is 0 Å². The Hall–Kier alpha value is -2.70. The summed E-state index contributed by atoms with van der Waals surface area (Å²) < 4.78 is 0. The molecule has 1 aromatic heterocycles. The number of anilines is 2. The Bertz CT molecular complexity index is 1030. The molecule has 0 unspecified atom stereocenters. The van der Waals surface area contributed by atoms with Crippen LogP contribution in [-0.4, -0.2) is 16.8 Å². The van der Waals surface area contributed by atoms with Crippen molar-refractivity contribution in [2.75, 3.05) is 10.2 Å². The maximum absolute atomic E-state index is 12.6. The average molecular weight is 384 g/mol. The third kappa shape index (κ3) is 2.87. The largest absolute Gasteiger partial charge is 0.321 e. The van der Waals surface area contributed by atoms with Crippen LogP contribution in [0.15, 0.2) is 48.0 Å². The topological polar surface area (TPSA) is 62.3 Å². The molecule has 0 radical (unpaired) electrons. The van der Waals surface area contributed by atoms with Gasteiger partial charge in [-0.2, -0.15) is 0 Å². The molecule has 0 fully saturated rings. The SMILES string of the molecule is Cc1scnc1C(=O)Nc1ccc(N2Cc3ccccc3C2=O)c(Cl)c1. The molecule has 2 amide bonds. The normalized spacial score (nSPS) is 13.0. The summed E-state index contributed by atoms with van der Waals surface area (Å²) in [5, 5.41) is 3.19. The summed E-state index contributed by atoms with van der Waals surface area (Å²) in [5.41, 5.74) is 4.89. The van der Waals surface area contributed by atoms with Crippen molar-refractivity contribution in [1.29, 1.82) is 0 Å². The molecule has 130 valence electrons. The lowest BCUT2D eigenvalue weighted by atomic mass is 10.1. The Kier molecular flexibility index (Phi) is 4.22. The molecular weight excluding hydrogens is 370 g/mol. The van der Waals surface area contributed by atoms with Gasteiger partial charge < -0.3 is 10.2 Å². The monoisotopic (exact) mass is 383 g/mol. The average Bonchev–Trinajstić information content (AvgIpc) is 3.19. The number of hydrogen-bond acceptors (Lipinski definition) is 4. The summed E-state index contributed by atoms with van der Waals surface area (Å²) in [6.07, 6.45) is 0. The molecule has 0 saturated carbocycles. The summed E-state index contributed by atoms with van der Waals surface area (Å²) in [6, 6.07) is 12.6. The van der Waals surface area contributed by atoms with Gasteiger partial charge in [0.1, 0.15) is 5.69 Å². The van der Waals surface area contributed by atoms with E-state index in [-0.39, 0.29) is 11.8 Å². The minimum atomic E-state index is -0.280. The molecule has 0 atom stereocenters. The van der Waals surface area contributed by atoms with Crippen LogP contribution in [0.3, 0.4) is 0 Å². The summed E-state index contributed by atoms with van der Waals surface area (Å²) in [5.74, 6) is -0.352. The molecule has 3 aromatic rings. The maximum atomic E-state index is 12.6. The first kappa shape index (κ1) is 16.8. The Morgan fingerprint density at radius 3 is 2.77 bits per heavy atom. The number of carbonyl (C=O) groups is 2. The van der Waals surface area contributed by atoms with Crippen LogP contribution >= 0.6 is 22.9 Å². The van der Waals surface area contributed by atoms with E-state index in [9.17, 15) is 9.59 Å². The molecule has 2 heterocycles. The van der Waals surface area contributed by atoms with Gasteiger partial charge in [0.25, 0.3) is 11.8 Å². The van der Waals surface area contributed by atoms with E-state index >= 15 is 0 Å². The number of aromatic nitrogens is 1. The number of benzene rings is 2. The fourth-order valence-corrected chi connectivity index (χ4v) is 3.82. The number of hydrogen-bond donors (Lipinski definition) is 1. The van der Waals surface area contributed by atoms with Crippen molar-refractivity contribution in [3.05, 3.63) is 74.7 Å². The van der Waals surface area contributed by atoms with Crippen molar-refractivity contribution in [2.24, 2.45) is 0 Å². The van der Waals surface area contributed by atoms with Crippen LogP contribution in [0.1, 0.15) is 31.3 Å². The summed E-state index contributed by atoms with van der Waals surface area (Å²) >= 11 is 7.82. The van der Waals surface area contributed by atoms with Gasteiger partial charge in [-0.15, -0.1) is 11.3 Å². The predicted octanol–water partition coefficient (Wildman–Crippen LogP) is 4.52. The number of aryl methyl sites for hydroxylation is 1. The van der Waals surface area contributed by atoms with Gasteiger partial charge in [-0.3, -0.25) is 9.59 Å². The molecule has 5 nitrogen and oxygen atoms in total. The zero-order valence-electron chi connectivity index (χ0n) is 13.8. The molecule has 1 aliphatic rings. The minimum Gasteiger partial charge on any atom is -0.321 e. The lowest BCUT2D eigenvalue weighted by Gasteiger charge is -2.18. The van der Waals surface area contributed by atoms with Gasteiger partial charge in [0.05, 0.1) is 22.8 Å². The second-order valence-electron chi connectivity index (χ2n) is 5.93. The number of carbonyl (C=O) groups excluding carboxylic acids is 2. The molecule has 1 aliphatic heterocycles. The highest BCUT2D eigenvalue weighted by Crippen LogP contribution is 2.34. The molecule has 0 spiro atoms. The van der Waals surface area contributed by atoms with Crippen LogP contribution in [0.2, 0.25) is 5.02 Å². The number of halogens is 1. The molecular formula is C19H14ClN3O2S. The van der Waals surface area contributed by atoms with E-state index in [2.05, 4.69) is 10.3 Å². The van der Waals surface area contributed by atoms with Crippen molar-refractivity contribution in [2.45, 2.75) is 13.5 Å². The van der Waals surface area contributed by atoms with Crippen molar-refractivity contribution in [3.8, 4) is 0 Å². The summed E-state index contributed by atoms with van der Waals surface area (Å²) in [6.45, 7) is 2.33. The van der Waals surface area contributed by atoms with Crippen LogP contribution in [0.25, 0.3) is 0 Å². The third-order valence-electron chi connectivity index (χ3n) is 4.28. The van der Waals surface area contributed by atoms with Crippen molar-refractivity contribution < 1.29 is 9.59 Å². The Balaban J connectivity index is 1.57. The molecule has 0 saturated heterocycles. The Morgan fingerprint density at radius 1 is 1.27 bits per heavy atom. The molecule has 4 rings (SSSR count). The molecule has 0 bridgehead atoms. The number of amides is 2. The van der Waals surface area contributed by atoms with Gasteiger partial charge >= 0.3 is 0 Å². The van der Waals surface area contributed by atoms with Crippen LogP contribution in [0.5, 0.6) is 0 Å². The van der Waals surface area contributed by atoms with E-state index in [0.717, 1.165) is 10.4 Å². The second-order valence-corrected chi connectivity index (χ2v) is 7.39. The highest BCUT2D eigenvalue weighted by atomic mass is 35.5. The molecule has 0 aliphatic carbocycles. The van der Waals surface area contributed by atoms with Gasteiger partial charge in [0, 0.05) is 16.1 Å². The van der Waals surface area contributed by atoms with E-state index in [0.29, 0.717) is 34.2 Å². The maximum Gasteiger partial charge on any atom is 0.275 e. The number of thiazole rings is 1. The molecule has 26 heavy (non-hydrogen) atoms.